The Hall–Kier alpha value is -2.01. The van der Waals surface area contributed by atoms with Crippen molar-refractivity contribution in [3.8, 4) is 11.6 Å². The zero-order valence-electron chi connectivity index (χ0n) is 12.1. The van der Waals surface area contributed by atoms with Crippen LogP contribution in [0.1, 0.15) is 25.2 Å². The second kappa shape index (κ2) is 6.96. The molecule has 2 heterocycles. The van der Waals surface area contributed by atoms with Crippen LogP contribution in [0.3, 0.4) is 0 Å². The van der Waals surface area contributed by atoms with Crippen LogP contribution in [0.5, 0.6) is 11.6 Å². The third-order valence-electron chi connectivity index (χ3n) is 2.71. The summed E-state index contributed by atoms with van der Waals surface area (Å²) in [5.74, 6) is 1.81. The number of rotatable bonds is 6. The fourth-order valence-electron chi connectivity index (χ4n) is 1.67. The van der Waals surface area contributed by atoms with Crippen LogP contribution in [0.4, 0.5) is 0 Å². The van der Waals surface area contributed by atoms with E-state index >= 15 is 0 Å². The molecule has 0 amide bonds. The molecule has 5 heteroatoms. The van der Waals surface area contributed by atoms with E-state index in [-0.39, 0.29) is 0 Å². The molecule has 0 saturated heterocycles. The van der Waals surface area contributed by atoms with Crippen molar-refractivity contribution in [2.45, 2.75) is 27.3 Å². The van der Waals surface area contributed by atoms with Gasteiger partial charge in [-0.1, -0.05) is 13.8 Å². The van der Waals surface area contributed by atoms with Crippen molar-refractivity contribution in [3.63, 3.8) is 0 Å². The Morgan fingerprint density at radius 2 is 2.05 bits per heavy atom. The van der Waals surface area contributed by atoms with Gasteiger partial charge in [0.25, 0.3) is 0 Å². The molecule has 0 unspecified atom stereocenters. The number of aromatic nitrogens is 3. The predicted octanol–water partition coefficient (Wildman–Crippen LogP) is 2.72. The van der Waals surface area contributed by atoms with Crippen molar-refractivity contribution < 1.29 is 4.74 Å². The highest BCUT2D eigenvalue weighted by atomic mass is 16.5. The maximum atomic E-state index is 5.65. The summed E-state index contributed by atoms with van der Waals surface area (Å²) in [6.07, 6.45) is 5.10. The highest BCUT2D eigenvalue weighted by molar-refractivity contribution is 5.29. The van der Waals surface area contributed by atoms with E-state index in [4.69, 9.17) is 4.74 Å². The Morgan fingerprint density at radius 3 is 2.70 bits per heavy atom. The van der Waals surface area contributed by atoms with E-state index in [0.717, 1.165) is 24.5 Å². The normalized spacial score (nSPS) is 10.8. The Morgan fingerprint density at radius 1 is 1.20 bits per heavy atom. The molecular formula is C15H20N4O. The summed E-state index contributed by atoms with van der Waals surface area (Å²) in [7, 11) is 0. The highest BCUT2D eigenvalue weighted by Crippen LogP contribution is 2.20. The molecule has 20 heavy (non-hydrogen) atoms. The molecule has 0 aromatic carbocycles. The molecule has 2 rings (SSSR count). The van der Waals surface area contributed by atoms with Gasteiger partial charge in [-0.05, 0) is 31.5 Å². The molecule has 0 radical (unpaired) electrons. The van der Waals surface area contributed by atoms with Gasteiger partial charge >= 0.3 is 0 Å². The standard InChI is InChI=1S/C15H20N4O/c1-11(2)7-16-8-13-9-19-15(10-18-13)20-14-5-4-6-17-12(14)3/h4-6,9-11,16H,7-8H2,1-3H3. The van der Waals surface area contributed by atoms with E-state index in [1.54, 1.807) is 18.6 Å². The molecule has 0 atom stereocenters. The molecular weight excluding hydrogens is 252 g/mol. The number of aryl methyl sites for hydroxylation is 1. The monoisotopic (exact) mass is 272 g/mol. The first-order valence-electron chi connectivity index (χ1n) is 6.76. The van der Waals surface area contributed by atoms with Crippen LogP contribution >= 0.6 is 0 Å². The number of nitrogens with zero attached hydrogens (tertiary/aromatic N) is 3. The molecule has 0 aliphatic rings. The summed E-state index contributed by atoms with van der Waals surface area (Å²) in [6, 6.07) is 3.70. The van der Waals surface area contributed by atoms with Crippen molar-refractivity contribution in [2.75, 3.05) is 6.54 Å². The molecule has 0 spiro atoms. The van der Waals surface area contributed by atoms with Crippen LogP contribution < -0.4 is 10.1 Å². The molecule has 0 fully saturated rings. The number of nitrogens with one attached hydrogen (secondary N) is 1. The minimum absolute atomic E-state index is 0.480. The van der Waals surface area contributed by atoms with Crippen LogP contribution in [0, 0.1) is 12.8 Å². The summed E-state index contributed by atoms with van der Waals surface area (Å²) in [5, 5.41) is 3.33. The molecule has 5 nitrogen and oxygen atoms in total. The minimum atomic E-state index is 0.480. The third kappa shape index (κ3) is 4.28. The summed E-state index contributed by atoms with van der Waals surface area (Å²) in [4.78, 5) is 12.8. The van der Waals surface area contributed by atoms with Crippen molar-refractivity contribution in [2.24, 2.45) is 5.92 Å². The zero-order chi connectivity index (χ0) is 14.4. The summed E-state index contributed by atoms with van der Waals surface area (Å²) in [5.41, 5.74) is 1.73. The average Bonchev–Trinajstić information content (AvgIpc) is 2.43. The van der Waals surface area contributed by atoms with Crippen molar-refractivity contribution in [1.82, 2.24) is 20.3 Å². The lowest BCUT2D eigenvalue weighted by atomic mass is 10.2. The summed E-state index contributed by atoms with van der Waals surface area (Å²) >= 11 is 0. The fraction of sp³-hybridized carbons (Fsp3) is 0.400. The molecule has 106 valence electrons. The Bertz CT molecular complexity index is 540. The summed E-state index contributed by atoms with van der Waals surface area (Å²) < 4.78 is 5.65. The van der Waals surface area contributed by atoms with E-state index < -0.39 is 0 Å². The van der Waals surface area contributed by atoms with E-state index in [0.29, 0.717) is 17.5 Å². The number of hydrogen-bond acceptors (Lipinski definition) is 5. The van der Waals surface area contributed by atoms with Crippen molar-refractivity contribution in [1.29, 1.82) is 0 Å². The molecule has 0 aliphatic heterocycles. The smallest absolute Gasteiger partial charge is 0.237 e. The van der Waals surface area contributed by atoms with Gasteiger partial charge in [-0.2, -0.15) is 0 Å². The average molecular weight is 272 g/mol. The molecule has 0 aliphatic carbocycles. The highest BCUT2D eigenvalue weighted by Gasteiger charge is 2.03. The predicted molar refractivity (Wildman–Crippen MR) is 77.6 cm³/mol. The topological polar surface area (TPSA) is 59.9 Å². The van der Waals surface area contributed by atoms with Crippen LogP contribution in [-0.4, -0.2) is 21.5 Å². The quantitative estimate of drug-likeness (QED) is 0.876. The first kappa shape index (κ1) is 14.4. The van der Waals surface area contributed by atoms with Crippen LogP contribution in [-0.2, 0) is 6.54 Å². The molecule has 0 saturated carbocycles. The van der Waals surface area contributed by atoms with Gasteiger partial charge in [0.15, 0.2) is 5.75 Å². The van der Waals surface area contributed by atoms with E-state index in [1.165, 1.54) is 0 Å². The van der Waals surface area contributed by atoms with E-state index in [9.17, 15) is 0 Å². The van der Waals surface area contributed by atoms with Gasteiger partial charge in [0, 0.05) is 12.7 Å². The fourth-order valence-corrected chi connectivity index (χ4v) is 1.67. The first-order valence-corrected chi connectivity index (χ1v) is 6.76. The van der Waals surface area contributed by atoms with Gasteiger partial charge in [-0.3, -0.25) is 9.97 Å². The second-order valence-electron chi connectivity index (χ2n) is 5.06. The number of pyridine rings is 1. The first-order chi connectivity index (χ1) is 9.65. The lowest BCUT2D eigenvalue weighted by Gasteiger charge is -2.08. The lowest BCUT2D eigenvalue weighted by molar-refractivity contribution is 0.452. The van der Waals surface area contributed by atoms with Crippen LogP contribution in [0.25, 0.3) is 0 Å². The maximum absolute atomic E-state index is 5.65. The van der Waals surface area contributed by atoms with Gasteiger partial charge in [-0.25, -0.2) is 4.98 Å². The van der Waals surface area contributed by atoms with Crippen molar-refractivity contribution >= 4 is 0 Å². The van der Waals surface area contributed by atoms with Crippen molar-refractivity contribution in [3.05, 3.63) is 42.1 Å². The largest absolute Gasteiger partial charge is 0.436 e. The van der Waals surface area contributed by atoms with Gasteiger partial charge in [0.1, 0.15) is 0 Å². The number of ether oxygens (including phenoxy) is 1. The zero-order valence-corrected chi connectivity index (χ0v) is 12.1. The van der Waals surface area contributed by atoms with Gasteiger partial charge in [0.05, 0.1) is 23.8 Å². The molecule has 2 aromatic heterocycles. The van der Waals surface area contributed by atoms with Crippen LogP contribution in [0.15, 0.2) is 30.7 Å². The van der Waals surface area contributed by atoms with E-state index in [2.05, 4.69) is 34.1 Å². The number of hydrogen-bond donors (Lipinski definition) is 1. The lowest BCUT2D eigenvalue weighted by Crippen LogP contribution is -2.19. The SMILES string of the molecule is Cc1ncccc1Oc1cnc(CNCC(C)C)cn1. The molecule has 1 N–H and O–H groups in total. The van der Waals surface area contributed by atoms with E-state index in [1.807, 2.05) is 19.1 Å². The minimum Gasteiger partial charge on any atom is -0.436 e. The molecule has 0 bridgehead atoms. The summed E-state index contributed by atoms with van der Waals surface area (Å²) in [6.45, 7) is 7.93. The third-order valence-corrected chi connectivity index (χ3v) is 2.71. The Balaban J connectivity index is 1.93. The van der Waals surface area contributed by atoms with Gasteiger partial charge in [-0.15, -0.1) is 0 Å². The Labute approximate surface area is 119 Å². The van der Waals surface area contributed by atoms with Gasteiger partial charge < -0.3 is 10.1 Å². The maximum Gasteiger partial charge on any atom is 0.237 e. The molecule has 2 aromatic rings. The Kier molecular flexibility index (Phi) is 5.01. The second-order valence-corrected chi connectivity index (χ2v) is 5.06. The van der Waals surface area contributed by atoms with Gasteiger partial charge in [0.2, 0.25) is 5.88 Å². The van der Waals surface area contributed by atoms with Crippen LogP contribution in [0.2, 0.25) is 0 Å².